The first-order valence-corrected chi connectivity index (χ1v) is 6.09. The Morgan fingerprint density at radius 3 is 2.82 bits per heavy atom. The molecule has 0 bridgehead atoms. The molecule has 1 amide bonds. The van der Waals surface area contributed by atoms with Crippen molar-refractivity contribution >= 4 is 17.5 Å². The van der Waals surface area contributed by atoms with E-state index in [0.717, 1.165) is 11.3 Å². The number of alkyl halides is 1. The molecule has 0 heterocycles. The highest BCUT2D eigenvalue weighted by molar-refractivity contribution is 6.30. The van der Waals surface area contributed by atoms with Gasteiger partial charge < -0.3 is 9.64 Å². The monoisotopic (exact) mass is 255 g/mol. The molecule has 0 saturated heterocycles. The number of amides is 1. The molecule has 17 heavy (non-hydrogen) atoms. The molecule has 1 unspecified atom stereocenters. The maximum Gasteiger partial charge on any atom is 0.240 e. The third-order valence-corrected chi connectivity index (χ3v) is 2.53. The number of carbonyl (C=O) groups is 1. The predicted molar refractivity (Wildman–Crippen MR) is 69.4 cm³/mol. The average Bonchev–Trinajstić information content (AvgIpc) is 2.28. The fourth-order valence-electron chi connectivity index (χ4n) is 1.56. The van der Waals surface area contributed by atoms with E-state index in [1.807, 2.05) is 31.2 Å². The summed E-state index contributed by atoms with van der Waals surface area (Å²) in [5.41, 5.74) is 1.03. The van der Waals surface area contributed by atoms with E-state index in [2.05, 4.69) is 0 Å². The van der Waals surface area contributed by atoms with Crippen molar-refractivity contribution in [1.82, 2.24) is 4.90 Å². The first-order chi connectivity index (χ1) is 8.04. The van der Waals surface area contributed by atoms with Gasteiger partial charge in [-0.05, 0) is 31.5 Å². The van der Waals surface area contributed by atoms with Crippen molar-refractivity contribution in [3.8, 4) is 5.75 Å². The lowest BCUT2D eigenvalue weighted by Gasteiger charge is -2.18. The molecule has 0 spiro atoms. The van der Waals surface area contributed by atoms with Crippen LogP contribution in [0, 0.1) is 0 Å². The summed E-state index contributed by atoms with van der Waals surface area (Å²) in [6.45, 7) is 4.79. The zero-order valence-electron chi connectivity index (χ0n) is 10.4. The van der Waals surface area contributed by atoms with Crippen LogP contribution in [0.2, 0.25) is 0 Å². The van der Waals surface area contributed by atoms with Gasteiger partial charge in [0.2, 0.25) is 5.91 Å². The molecule has 4 heteroatoms. The summed E-state index contributed by atoms with van der Waals surface area (Å²) in [7, 11) is 1.74. The molecule has 0 N–H and O–H groups in total. The summed E-state index contributed by atoms with van der Waals surface area (Å²) in [6.07, 6.45) is 0. The molecule has 0 radical (unpaired) electrons. The number of nitrogens with zero attached hydrogens (tertiary/aromatic N) is 1. The summed E-state index contributed by atoms with van der Waals surface area (Å²) < 4.78 is 5.41. The van der Waals surface area contributed by atoms with Gasteiger partial charge in [0.25, 0.3) is 0 Å². The highest BCUT2D eigenvalue weighted by atomic mass is 35.5. The molecule has 1 aromatic rings. The van der Waals surface area contributed by atoms with Gasteiger partial charge in [0.1, 0.15) is 11.1 Å². The smallest absolute Gasteiger partial charge is 0.240 e. The third kappa shape index (κ3) is 4.27. The van der Waals surface area contributed by atoms with Crippen LogP contribution in [-0.2, 0) is 11.3 Å². The molecule has 0 fully saturated rings. The standard InChI is InChI=1S/C13H18ClNO2/c1-4-17-12-7-5-6-11(8-12)9-15(3)13(16)10(2)14/h5-8,10H,4,9H2,1-3H3. The van der Waals surface area contributed by atoms with Crippen LogP contribution in [0.3, 0.4) is 0 Å². The van der Waals surface area contributed by atoms with Crippen LogP contribution in [0.1, 0.15) is 19.4 Å². The van der Waals surface area contributed by atoms with E-state index in [0.29, 0.717) is 13.2 Å². The highest BCUT2D eigenvalue weighted by Gasteiger charge is 2.14. The minimum absolute atomic E-state index is 0.0755. The Kier molecular flexibility index (Phi) is 5.29. The molecule has 1 atom stereocenters. The number of ether oxygens (including phenoxy) is 1. The van der Waals surface area contributed by atoms with Crippen molar-refractivity contribution in [2.75, 3.05) is 13.7 Å². The molecule has 94 valence electrons. The van der Waals surface area contributed by atoms with Gasteiger partial charge >= 0.3 is 0 Å². The van der Waals surface area contributed by atoms with Gasteiger partial charge in [-0.1, -0.05) is 12.1 Å². The van der Waals surface area contributed by atoms with Crippen LogP contribution in [0.25, 0.3) is 0 Å². The van der Waals surface area contributed by atoms with Crippen LogP contribution in [0.15, 0.2) is 24.3 Å². The maximum atomic E-state index is 11.6. The van der Waals surface area contributed by atoms with Gasteiger partial charge in [-0.25, -0.2) is 0 Å². The minimum atomic E-state index is -0.491. The molecule has 1 rings (SSSR count). The van der Waals surface area contributed by atoms with E-state index >= 15 is 0 Å². The summed E-state index contributed by atoms with van der Waals surface area (Å²) in [4.78, 5) is 13.2. The summed E-state index contributed by atoms with van der Waals surface area (Å²) >= 11 is 5.75. The molecule has 0 aliphatic rings. The Balaban J connectivity index is 2.68. The SMILES string of the molecule is CCOc1cccc(CN(C)C(=O)C(C)Cl)c1. The Morgan fingerprint density at radius 2 is 2.24 bits per heavy atom. The molecule has 0 saturated carbocycles. The number of benzene rings is 1. The second kappa shape index (κ2) is 6.50. The fourth-order valence-corrected chi connectivity index (χ4v) is 1.72. The van der Waals surface area contributed by atoms with Gasteiger partial charge in [-0.15, -0.1) is 11.6 Å². The largest absolute Gasteiger partial charge is 0.494 e. The highest BCUT2D eigenvalue weighted by Crippen LogP contribution is 2.15. The van der Waals surface area contributed by atoms with Crippen molar-refractivity contribution in [2.45, 2.75) is 25.8 Å². The van der Waals surface area contributed by atoms with Gasteiger partial charge in [0, 0.05) is 13.6 Å². The van der Waals surface area contributed by atoms with Crippen LogP contribution >= 0.6 is 11.6 Å². The molecule has 0 aromatic heterocycles. The Hall–Kier alpha value is -1.22. The lowest BCUT2D eigenvalue weighted by atomic mass is 10.2. The Labute approximate surface area is 107 Å². The number of hydrogen-bond acceptors (Lipinski definition) is 2. The topological polar surface area (TPSA) is 29.5 Å². The van der Waals surface area contributed by atoms with E-state index in [4.69, 9.17) is 16.3 Å². The molecule has 3 nitrogen and oxygen atoms in total. The van der Waals surface area contributed by atoms with Crippen LogP contribution in [0.5, 0.6) is 5.75 Å². The Morgan fingerprint density at radius 1 is 1.53 bits per heavy atom. The summed E-state index contributed by atoms with van der Waals surface area (Å²) in [5.74, 6) is 0.748. The normalized spacial score (nSPS) is 12.0. The van der Waals surface area contributed by atoms with Gasteiger partial charge in [-0.3, -0.25) is 4.79 Å². The average molecular weight is 256 g/mol. The van der Waals surface area contributed by atoms with Crippen molar-refractivity contribution in [3.05, 3.63) is 29.8 Å². The van der Waals surface area contributed by atoms with Gasteiger partial charge in [-0.2, -0.15) is 0 Å². The van der Waals surface area contributed by atoms with E-state index in [-0.39, 0.29) is 5.91 Å². The van der Waals surface area contributed by atoms with Crippen molar-refractivity contribution < 1.29 is 9.53 Å². The van der Waals surface area contributed by atoms with Crippen LogP contribution in [-0.4, -0.2) is 29.8 Å². The summed E-state index contributed by atoms with van der Waals surface area (Å²) in [5, 5.41) is -0.491. The first kappa shape index (κ1) is 13.8. The lowest BCUT2D eigenvalue weighted by Crippen LogP contribution is -2.31. The number of carbonyl (C=O) groups excluding carboxylic acids is 1. The second-order valence-electron chi connectivity index (χ2n) is 3.89. The first-order valence-electron chi connectivity index (χ1n) is 5.65. The van der Waals surface area contributed by atoms with Crippen molar-refractivity contribution in [1.29, 1.82) is 0 Å². The van der Waals surface area contributed by atoms with E-state index < -0.39 is 5.38 Å². The fraction of sp³-hybridized carbons (Fsp3) is 0.462. The maximum absolute atomic E-state index is 11.6. The van der Waals surface area contributed by atoms with E-state index in [1.165, 1.54) is 0 Å². The van der Waals surface area contributed by atoms with E-state index in [1.54, 1.807) is 18.9 Å². The molecular formula is C13H18ClNO2. The quantitative estimate of drug-likeness (QED) is 0.757. The number of hydrogen-bond donors (Lipinski definition) is 0. The van der Waals surface area contributed by atoms with Crippen molar-refractivity contribution in [3.63, 3.8) is 0 Å². The van der Waals surface area contributed by atoms with Crippen LogP contribution < -0.4 is 4.74 Å². The van der Waals surface area contributed by atoms with Crippen molar-refractivity contribution in [2.24, 2.45) is 0 Å². The molecular weight excluding hydrogens is 238 g/mol. The zero-order valence-corrected chi connectivity index (χ0v) is 11.2. The minimum Gasteiger partial charge on any atom is -0.494 e. The predicted octanol–water partition coefficient (Wildman–Crippen LogP) is 2.67. The zero-order chi connectivity index (χ0) is 12.8. The van der Waals surface area contributed by atoms with E-state index in [9.17, 15) is 4.79 Å². The molecule has 1 aromatic carbocycles. The summed E-state index contributed by atoms with van der Waals surface area (Å²) in [6, 6.07) is 7.72. The number of rotatable bonds is 5. The molecule has 0 aliphatic heterocycles. The van der Waals surface area contributed by atoms with Gasteiger partial charge in [0.05, 0.1) is 6.61 Å². The number of halogens is 1. The second-order valence-corrected chi connectivity index (χ2v) is 4.55. The van der Waals surface area contributed by atoms with Gasteiger partial charge in [0.15, 0.2) is 0 Å². The molecule has 0 aliphatic carbocycles. The third-order valence-electron chi connectivity index (χ3n) is 2.35. The van der Waals surface area contributed by atoms with Crippen LogP contribution in [0.4, 0.5) is 0 Å². The Bertz CT molecular complexity index is 379. The lowest BCUT2D eigenvalue weighted by molar-refractivity contribution is -0.129.